The molecule has 1 aromatic rings. The first-order valence-electron chi connectivity index (χ1n) is 8.98. The molecule has 1 N–H and O–H groups in total. The minimum atomic E-state index is -2.85. The standard InChI is InChI=1S/C19H28F2N2O3/c1-19(2,3)26-18(24)22-12-15-9-6-7-11-23(15)13-14-8-4-5-10-16(14)25-17(20)21/h4-5,8,10,15,17H,6-7,9,11-13H2,1-3H3,(H,22,24). The zero-order valence-corrected chi connectivity index (χ0v) is 15.6. The van der Waals surface area contributed by atoms with Gasteiger partial charge in [-0.05, 0) is 46.2 Å². The molecule has 26 heavy (non-hydrogen) atoms. The fraction of sp³-hybridized carbons (Fsp3) is 0.632. The van der Waals surface area contributed by atoms with E-state index in [0.29, 0.717) is 13.1 Å². The number of piperidine rings is 1. The summed E-state index contributed by atoms with van der Waals surface area (Å²) in [5.41, 5.74) is 0.180. The second-order valence-electron chi connectivity index (χ2n) is 7.49. The second kappa shape index (κ2) is 9.16. The van der Waals surface area contributed by atoms with Crippen LogP contribution in [0.2, 0.25) is 0 Å². The molecule has 1 atom stereocenters. The molecule has 146 valence electrons. The number of amides is 1. The van der Waals surface area contributed by atoms with Crippen LogP contribution in [0.4, 0.5) is 13.6 Å². The van der Waals surface area contributed by atoms with E-state index in [1.807, 2.05) is 26.8 Å². The molecule has 1 unspecified atom stereocenters. The monoisotopic (exact) mass is 370 g/mol. The predicted octanol–water partition coefficient (Wildman–Crippen LogP) is 4.17. The highest BCUT2D eigenvalue weighted by molar-refractivity contribution is 5.67. The molecule has 0 aliphatic carbocycles. The molecule has 1 aliphatic heterocycles. The Bertz CT molecular complexity index is 590. The predicted molar refractivity (Wildman–Crippen MR) is 95.4 cm³/mol. The quantitative estimate of drug-likeness (QED) is 0.817. The number of hydrogen-bond donors (Lipinski definition) is 1. The molecule has 1 aliphatic rings. The summed E-state index contributed by atoms with van der Waals surface area (Å²) in [6.07, 6.45) is 2.62. The lowest BCUT2D eigenvalue weighted by atomic mass is 10.0. The Morgan fingerprint density at radius 2 is 2.04 bits per heavy atom. The lowest BCUT2D eigenvalue weighted by molar-refractivity contribution is -0.0509. The largest absolute Gasteiger partial charge is 0.444 e. The number of benzene rings is 1. The fourth-order valence-corrected chi connectivity index (χ4v) is 3.08. The van der Waals surface area contributed by atoms with Crippen LogP contribution < -0.4 is 10.1 Å². The van der Waals surface area contributed by atoms with Crippen LogP contribution in [0.3, 0.4) is 0 Å². The molecule has 0 aromatic heterocycles. The smallest absolute Gasteiger partial charge is 0.407 e. The average molecular weight is 370 g/mol. The van der Waals surface area contributed by atoms with Crippen LogP contribution in [0.25, 0.3) is 0 Å². The van der Waals surface area contributed by atoms with Gasteiger partial charge < -0.3 is 14.8 Å². The van der Waals surface area contributed by atoms with E-state index in [9.17, 15) is 13.6 Å². The first-order chi connectivity index (χ1) is 12.2. The summed E-state index contributed by atoms with van der Waals surface area (Å²) >= 11 is 0. The lowest BCUT2D eigenvalue weighted by Crippen LogP contribution is -2.47. The van der Waals surface area contributed by atoms with E-state index in [0.717, 1.165) is 31.4 Å². The SMILES string of the molecule is CC(C)(C)OC(=O)NCC1CCCCN1Cc1ccccc1OC(F)F. The summed E-state index contributed by atoms with van der Waals surface area (Å²) in [5.74, 6) is 0.201. The maximum absolute atomic E-state index is 12.6. The summed E-state index contributed by atoms with van der Waals surface area (Å²) in [4.78, 5) is 14.1. The summed E-state index contributed by atoms with van der Waals surface area (Å²) in [6, 6.07) is 6.98. The van der Waals surface area contributed by atoms with E-state index in [4.69, 9.17) is 4.74 Å². The van der Waals surface area contributed by atoms with Crippen LogP contribution in [0.1, 0.15) is 45.6 Å². The molecule has 0 radical (unpaired) electrons. The maximum atomic E-state index is 12.6. The highest BCUT2D eigenvalue weighted by atomic mass is 19.3. The normalized spacial score (nSPS) is 18.6. The van der Waals surface area contributed by atoms with Gasteiger partial charge >= 0.3 is 12.7 Å². The van der Waals surface area contributed by atoms with Crippen molar-refractivity contribution in [1.29, 1.82) is 0 Å². The Labute approximate surface area is 153 Å². The average Bonchev–Trinajstić information content (AvgIpc) is 2.54. The molecule has 0 bridgehead atoms. The van der Waals surface area contributed by atoms with Gasteiger partial charge in [-0.1, -0.05) is 24.6 Å². The van der Waals surface area contributed by atoms with Crippen LogP contribution >= 0.6 is 0 Å². The summed E-state index contributed by atoms with van der Waals surface area (Å²) in [6.45, 7) is 4.43. The number of nitrogens with zero attached hydrogens (tertiary/aromatic N) is 1. The van der Waals surface area contributed by atoms with Gasteiger partial charge in [0.05, 0.1) is 0 Å². The number of ether oxygens (including phenoxy) is 2. The van der Waals surface area contributed by atoms with E-state index in [1.54, 1.807) is 18.2 Å². The molecule has 2 rings (SSSR count). The van der Waals surface area contributed by atoms with Crippen molar-refractivity contribution in [2.45, 2.75) is 64.8 Å². The summed E-state index contributed by atoms with van der Waals surface area (Å²) in [5, 5.41) is 2.82. The van der Waals surface area contributed by atoms with E-state index < -0.39 is 18.3 Å². The Morgan fingerprint density at radius 1 is 1.31 bits per heavy atom. The van der Waals surface area contributed by atoms with Gasteiger partial charge in [0.2, 0.25) is 0 Å². The Hall–Kier alpha value is -1.89. The number of alkyl halides is 2. The van der Waals surface area contributed by atoms with Crippen molar-refractivity contribution in [3.8, 4) is 5.75 Å². The fourth-order valence-electron chi connectivity index (χ4n) is 3.08. The van der Waals surface area contributed by atoms with Gasteiger partial charge in [-0.15, -0.1) is 0 Å². The molecule has 0 spiro atoms. The van der Waals surface area contributed by atoms with Crippen LogP contribution in [0.5, 0.6) is 5.75 Å². The first-order valence-corrected chi connectivity index (χ1v) is 8.98. The number of hydrogen-bond acceptors (Lipinski definition) is 4. The van der Waals surface area contributed by atoms with E-state index in [-0.39, 0.29) is 11.8 Å². The number of alkyl carbamates (subject to hydrolysis) is 1. The van der Waals surface area contributed by atoms with Crippen molar-refractivity contribution in [3.05, 3.63) is 29.8 Å². The van der Waals surface area contributed by atoms with Crippen molar-refractivity contribution >= 4 is 6.09 Å². The minimum absolute atomic E-state index is 0.135. The number of nitrogens with one attached hydrogen (secondary N) is 1. The Kier molecular flexibility index (Phi) is 7.20. The first kappa shape index (κ1) is 20.4. The van der Waals surface area contributed by atoms with Crippen LogP contribution in [-0.4, -0.2) is 42.3 Å². The molecule has 1 saturated heterocycles. The van der Waals surface area contributed by atoms with Crippen molar-refractivity contribution < 1.29 is 23.0 Å². The topological polar surface area (TPSA) is 50.8 Å². The minimum Gasteiger partial charge on any atom is -0.444 e. The molecular formula is C19H28F2N2O3. The van der Waals surface area contributed by atoms with Gasteiger partial charge in [0, 0.05) is 24.7 Å². The number of carbonyl (C=O) groups is 1. The number of halogens is 2. The molecule has 1 aromatic carbocycles. The number of carbonyl (C=O) groups excluding carboxylic acids is 1. The second-order valence-corrected chi connectivity index (χ2v) is 7.49. The van der Waals surface area contributed by atoms with Crippen LogP contribution in [0, 0.1) is 0 Å². The third-order valence-corrected chi connectivity index (χ3v) is 4.19. The van der Waals surface area contributed by atoms with Crippen molar-refractivity contribution in [1.82, 2.24) is 10.2 Å². The number of para-hydroxylation sites is 1. The van der Waals surface area contributed by atoms with E-state index >= 15 is 0 Å². The molecule has 7 heteroatoms. The summed E-state index contributed by atoms with van der Waals surface area (Å²) < 4.78 is 35.1. The van der Waals surface area contributed by atoms with Gasteiger partial charge in [-0.25, -0.2) is 4.79 Å². The molecule has 1 fully saturated rings. The highest BCUT2D eigenvalue weighted by Crippen LogP contribution is 2.25. The zero-order chi connectivity index (χ0) is 19.2. The molecule has 5 nitrogen and oxygen atoms in total. The van der Waals surface area contributed by atoms with Gasteiger partial charge in [-0.2, -0.15) is 8.78 Å². The van der Waals surface area contributed by atoms with Gasteiger partial charge in [0.25, 0.3) is 0 Å². The van der Waals surface area contributed by atoms with Crippen LogP contribution in [-0.2, 0) is 11.3 Å². The maximum Gasteiger partial charge on any atom is 0.407 e. The van der Waals surface area contributed by atoms with E-state index in [2.05, 4.69) is 15.0 Å². The Morgan fingerprint density at radius 3 is 2.73 bits per heavy atom. The van der Waals surface area contributed by atoms with Gasteiger partial charge in [0.1, 0.15) is 11.4 Å². The molecule has 0 saturated carbocycles. The number of rotatable bonds is 6. The van der Waals surface area contributed by atoms with Crippen LogP contribution in [0.15, 0.2) is 24.3 Å². The highest BCUT2D eigenvalue weighted by Gasteiger charge is 2.25. The van der Waals surface area contributed by atoms with Gasteiger partial charge in [-0.3, -0.25) is 4.90 Å². The molecule has 1 amide bonds. The molecule has 1 heterocycles. The third-order valence-electron chi connectivity index (χ3n) is 4.19. The van der Waals surface area contributed by atoms with Crippen molar-refractivity contribution in [2.75, 3.05) is 13.1 Å². The Balaban J connectivity index is 1.97. The molecular weight excluding hydrogens is 342 g/mol. The van der Waals surface area contributed by atoms with Gasteiger partial charge in [0.15, 0.2) is 0 Å². The zero-order valence-electron chi connectivity index (χ0n) is 15.6. The lowest BCUT2D eigenvalue weighted by Gasteiger charge is -2.36. The third kappa shape index (κ3) is 6.78. The van der Waals surface area contributed by atoms with Crippen molar-refractivity contribution in [2.24, 2.45) is 0 Å². The van der Waals surface area contributed by atoms with Crippen molar-refractivity contribution in [3.63, 3.8) is 0 Å². The summed E-state index contributed by atoms with van der Waals surface area (Å²) in [7, 11) is 0. The number of likely N-dealkylation sites (tertiary alicyclic amines) is 1. The van der Waals surface area contributed by atoms with E-state index in [1.165, 1.54) is 0 Å².